The summed E-state index contributed by atoms with van der Waals surface area (Å²) in [6, 6.07) is 17.3. The Bertz CT molecular complexity index is 974. The van der Waals surface area contributed by atoms with Crippen LogP contribution in [0.5, 0.6) is 11.5 Å². The lowest BCUT2D eigenvalue weighted by atomic mass is 10.0. The minimum atomic E-state index is -0.0438. The van der Waals surface area contributed by atoms with Crippen LogP contribution < -0.4 is 19.7 Å². The number of amides is 1. The molecule has 1 aliphatic rings. The smallest absolute Gasteiger partial charge is 0.251 e. The fourth-order valence-corrected chi connectivity index (χ4v) is 3.66. The highest BCUT2D eigenvalue weighted by atomic mass is 16.5. The minimum Gasteiger partial charge on any atom is -0.497 e. The standard InChI is InChI=1S/C23H26N4O3/c1-29-19-7-3-16(4-8-19)21-15-22(26-25-21)27-13-11-18(12-14-27)24-23(28)17-5-9-20(30-2)10-6-17/h3-10,15,18H,11-14H2,1-2H3,(H,24,28)(H,25,26). The number of carbonyl (C=O) groups is 1. The summed E-state index contributed by atoms with van der Waals surface area (Å²) in [6.45, 7) is 1.70. The van der Waals surface area contributed by atoms with Crippen LogP contribution >= 0.6 is 0 Å². The summed E-state index contributed by atoms with van der Waals surface area (Å²) in [6.07, 6.45) is 1.76. The molecule has 1 amide bonds. The van der Waals surface area contributed by atoms with Gasteiger partial charge in [0.2, 0.25) is 0 Å². The van der Waals surface area contributed by atoms with Crippen LogP contribution in [0, 0.1) is 0 Å². The van der Waals surface area contributed by atoms with E-state index in [4.69, 9.17) is 9.47 Å². The van der Waals surface area contributed by atoms with E-state index in [1.54, 1.807) is 38.5 Å². The predicted molar refractivity (Wildman–Crippen MR) is 116 cm³/mol. The summed E-state index contributed by atoms with van der Waals surface area (Å²) >= 11 is 0. The molecular formula is C23H26N4O3. The van der Waals surface area contributed by atoms with Gasteiger partial charge in [0.1, 0.15) is 11.5 Å². The van der Waals surface area contributed by atoms with Crippen molar-refractivity contribution >= 4 is 11.7 Å². The molecular weight excluding hydrogens is 380 g/mol. The third kappa shape index (κ3) is 4.40. The van der Waals surface area contributed by atoms with Crippen LogP contribution in [0.4, 0.5) is 5.82 Å². The molecule has 1 aliphatic heterocycles. The lowest BCUT2D eigenvalue weighted by Crippen LogP contribution is -2.44. The molecule has 0 spiro atoms. The minimum absolute atomic E-state index is 0.0438. The molecule has 0 aliphatic carbocycles. The Morgan fingerprint density at radius 2 is 1.60 bits per heavy atom. The SMILES string of the molecule is COc1ccc(C(=O)NC2CCN(c3cc(-c4ccc(OC)cc4)[nH]n3)CC2)cc1. The molecule has 0 radical (unpaired) electrons. The quantitative estimate of drug-likeness (QED) is 0.655. The van der Waals surface area contributed by atoms with Crippen LogP contribution in [0.2, 0.25) is 0 Å². The number of ether oxygens (including phenoxy) is 2. The third-order valence-corrected chi connectivity index (χ3v) is 5.47. The third-order valence-electron chi connectivity index (χ3n) is 5.47. The summed E-state index contributed by atoms with van der Waals surface area (Å²) < 4.78 is 10.4. The van der Waals surface area contributed by atoms with Gasteiger partial charge in [-0.2, -0.15) is 5.10 Å². The van der Waals surface area contributed by atoms with Crippen molar-refractivity contribution in [2.24, 2.45) is 0 Å². The van der Waals surface area contributed by atoms with Crippen molar-refractivity contribution in [3.8, 4) is 22.8 Å². The number of hydrogen-bond acceptors (Lipinski definition) is 5. The Balaban J connectivity index is 1.32. The maximum absolute atomic E-state index is 12.5. The fourth-order valence-electron chi connectivity index (χ4n) is 3.66. The molecule has 30 heavy (non-hydrogen) atoms. The van der Waals surface area contributed by atoms with Gasteiger partial charge >= 0.3 is 0 Å². The second kappa shape index (κ2) is 8.90. The van der Waals surface area contributed by atoms with Crippen molar-refractivity contribution < 1.29 is 14.3 Å². The number of anilines is 1. The number of hydrogen-bond donors (Lipinski definition) is 2. The molecule has 7 nitrogen and oxygen atoms in total. The van der Waals surface area contributed by atoms with E-state index in [-0.39, 0.29) is 11.9 Å². The maximum atomic E-state index is 12.5. The molecule has 0 saturated carbocycles. The summed E-state index contributed by atoms with van der Waals surface area (Å²) in [5.74, 6) is 2.46. The molecule has 0 atom stereocenters. The number of benzene rings is 2. The highest BCUT2D eigenvalue weighted by Gasteiger charge is 2.23. The van der Waals surface area contributed by atoms with Crippen molar-refractivity contribution in [3.05, 3.63) is 60.2 Å². The van der Waals surface area contributed by atoms with E-state index in [1.807, 2.05) is 24.3 Å². The number of rotatable bonds is 6. The second-order valence-corrected chi connectivity index (χ2v) is 7.33. The van der Waals surface area contributed by atoms with Crippen LogP contribution in [0.15, 0.2) is 54.6 Å². The molecule has 2 aromatic carbocycles. The van der Waals surface area contributed by atoms with E-state index in [0.29, 0.717) is 5.56 Å². The van der Waals surface area contributed by atoms with Crippen molar-refractivity contribution in [1.29, 1.82) is 0 Å². The van der Waals surface area contributed by atoms with Crippen LogP contribution in [0.1, 0.15) is 23.2 Å². The summed E-state index contributed by atoms with van der Waals surface area (Å²) in [5, 5.41) is 10.7. The first-order chi connectivity index (χ1) is 14.7. The Morgan fingerprint density at radius 1 is 1.00 bits per heavy atom. The maximum Gasteiger partial charge on any atom is 0.251 e. The Morgan fingerprint density at radius 3 is 2.20 bits per heavy atom. The van der Waals surface area contributed by atoms with E-state index in [0.717, 1.165) is 54.5 Å². The molecule has 1 aromatic heterocycles. The summed E-state index contributed by atoms with van der Waals surface area (Å²) in [4.78, 5) is 14.7. The molecule has 4 rings (SSSR count). The molecule has 156 valence electrons. The van der Waals surface area contributed by atoms with E-state index in [2.05, 4.69) is 26.5 Å². The number of nitrogens with one attached hydrogen (secondary N) is 2. The number of H-pyrrole nitrogens is 1. The number of aromatic amines is 1. The fraction of sp³-hybridized carbons (Fsp3) is 0.304. The summed E-state index contributed by atoms with van der Waals surface area (Å²) in [7, 11) is 3.27. The van der Waals surface area contributed by atoms with E-state index >= 15 is 0 Å². The van der Waals surface area contributed by atoms with Crippen LogP contribution in [-0.4, -0.2) is 49.5 Å². The van der Waals surface area contributed by atoms with Gasteiger partial charge < -0.3 is 19.7 Å². The van der Waals surface area contributed by atoms with Gasteiger partial charge in [0.25, 0.3) is 5.91 Å². The lowest BCUT2D eigenvalue weighted by Gasteiger charge is -2.32. The zero-order valence-electron chi connectivity index (χ0n) is 17.2. The Kier molecular flexibility index (Phi) is 5.88. The predicted octanol–water partition coefficient (Wildman–Crippen LogP) is 3.49. The molecule has 0 bridgehead atoms. The van der Waals surface area contributed by atoms with Crippen molar-refractivity contribution in [3.63, 3.8) is 0 Å². The average Bonchev–Trinajstić information content (AvgIpc) is 3.30. The number of nitrogens with zero attached hydrogens (tertiary/aromatic N) is 2. The molecule has 0 unspecified atom stereocenters. The highest BCUT2D eigenvalue weighted by molar-refractivity contribution is 5.94. The van der Waals surface area contributed by atoms with Gasteiger partial charge in [-0.1, -0.05) is 0 Å². The second-order valence-electron chi connectivity index (χ2n) is 7.33. The first kappa shape index (κ1) is 19.8. The molecule has 1 saturated heterocycles. The number of carbonyl (C=O) groups excluding carboxylic acids is 1. The lowest BCUT2D eigenvalue weighted by molar-refractivity contribution is 0.0931. The summed E-state index contributed by atoms with van der Waals surface area (Å²) in [5.41, 5.74) is 2.69. The van der Waals surface area contributed by atoms with E-state index in [9.17, 15) is 4.79 Å². The van der Waals surface area contributed by atoms with Gasteiger partial charge in [-0.15, -0.1) is 0 Å². The normalized spacial score (nSPS) is 14.4. The van der Waals surface area contributed by atoms with Gasteiger partial charge in [-0.3, -0.25) is 9.89 Å². The van der Waals surface area contributed by atoms with Crippen LogP contribution in [-0.2, 0) is 0 Å². The highest BCUT2D eigenvalue weighted by Crippen LogP contribution is 2.25. The van der Waals surface area contributed by atoms with Gasteiger partial charge in [-0.05, 0) is 66.9 Å². The van der Waals surface area contributed by atoms with Crippen molar-refractivity contribution in [1.82, 2.24) is 15.5 Å². The van der Waals surface area contributed by atoms with Crippen molar-refractivity contribution in [2.45, 2.75) is 18.9 Å². The molecule has 7 heteroatoms. The topological polar surface area (TPSA) is 79.5 Å². The van der Waals surface area contributed by atoms with Crippen molar-refractivity contribution in [2.75, 3.05) is 32.2 Å². The molecule has 1 fully saturated rings. The van der Waals surface area contributed by atoms with E-state index in [1.165, 1.54) is 0 Å². The van der Waals surface area contributed by atoms with Gasteiger partial charge in [0, 0.05) is 30.8 Å². The zero-order chi connectivity index (χ0) is 20.9. The first-order valence-electron chi connectivity index (χ1n) is 10.1. The zero-order valence-corrected chi connectivity index (χ0v) is 17.2. The van der Waals surface area contributed by atoms with Crippen LogP contribution in [0.25, 0.3) is 11.3 Å². The molecule has 2 heterocycles. The van der Waals surface area contributed by atoms with Gasteiger partial charge in [0.15, 0.2) is 5.82 Å². The monoisotopic (exact) mass is 406 g/mol. The number of piperidine rings is 1. The Hall–Kier alpha value is -3.48. The average molecular weight is 406 g/mol. The molecule has 3 aromatic rings. The largest absolute Gasteiger partial charge is 0.497 e. The number of aromatic nitrogens is 2. The first-order valence-corrected chi connectivity index (χ1v) is 10.1. The van der Waals surface area contributed by atoms with Gasteiger partial charge in [-0.25, -0.2) is 0 Å². The molecule has 2 N–H and O–H groups in total. The number of methoxy groups -OCH3 is 2. The van der Waals surface area contributed by atoms with Gasteiger partial charge in [0.05, 0.1) is 19.9 Å². The van der Waals surface area contributed by atoms with Crippen LogP contribution in [0.3, 0.4) is 0 Å². The Labute approximate surface area is 176 Å². The van der Waals surface area contributed by atoms with E-state index < -0.39 is 0 Å².